The molecule has 0 saturated carbocycles. The zero-order valence-electron chi connectivity index (χ0n) is 10.3. The van der Waals surface area contributed by atoms with Gasteiger partial charge in [0.25, 0.3) is 5.91 Å². The maximum absolute atomic E-state index is 12.4. The minimum atomic E-state index is -0.442. The predicted molar refractivity (Wildman–Crippen MR) is 74.2 cm³/mol. The second kappa shape index (κ2) is 5.28. The number of β-amino-alcohol motifs (C(OH)–C–C–N with tert-alkyl or cyclic N) is 1. The SMILES string of the molecule is CC1CCN(C(=O)c2cc(N)ccc2Br)CC1O. The summed E-state index contributed by atoms with van der Waals surface area (Å²) in [5, 5.41) is 9.84. The Hall–Kier alpha value is -1.07. The number of nitrogens with zero attached hydrogens (tertiary/aromatic N) is 1. The second-order valence-electron chi connectivity index (χ2n) is 4.82. The Morgan fingerprint density at radius 3 is 2.94 bits per heavy atom. The van der Waals surface area contributed by atoms with Gasteiger partial charge >= 0.3 is 0 Å². The molecule has 1 aromatic rings. The largest absolute Gasteiger partial charge is 0.399 e. The number of halogens is 1. The number of carbonyl (C=O) groups is 1. The topological polar surface area (TPSA) is 66.6 Å². The quantitative estimate of drug-likeness (QED) is 0.778. The number of hydrogen-bond acceptors (Lipinski definition) is 3. The number of anilines is 1. The summed E-state index contributed by atoms with van der Waals surface area (Å²) in [6.45, 7) is 3.07. The van der Waals surface area contributed by atoms with E-state index in [0.717, 1.165) is 10.9 Å². The summed E-state index contributed by atoms with van der Waals surface area (Å²) in [6, 6.07) is 5.18. The Labute approximate surface area is 115 Å². The minimum Gasteiger partial charge on any atom is -0.399 e. The molecule has 18 heavy (non-hydrogen) atoms. The van der Waals surface area contributed by atoms with Gasteiger partial charge in [-0.3, -0.25) is 4.79 Å². The maximum atomic E-state index is 12.4. The number of hydrogen-bond donors (Lipinski definition) is 2. The zero-order valence-corrected chi connectivity index (χ0v) is 11.9. The molecule has 1 amide bonds. The van der Waals surface area contributed by atoms with E-state index in [1.54, 1.807) is 23.1 Å². The van der Waals surface area contributed by atoms with Crippen LogP contribution in [0, 0.1) is 5.92 Å². The van der Waals surface area contributed by atoms with Crippen molar-refractivity contribution in [3.63, 3.8) is 0 Å². The highest BCUT2D eigenvalue weighted by atomic mass is 79.9. The molecule has 0 bridgehead atoms. The molecule has 1 fully saturated rings. The summed E-state index contributed by atoms with van der Waals surface area (Å²) >= 11 is 3.36. The van der Waals surface area contributed by atoms with E-state index in [1.165, 1.54) is 0 Å². The van der Waals surface area contributed by atoms with Crippen molar-refractivity contribution in [1.29, 1.82) is 0 Å². The van der Waals surface area contributed by atoms with Crippen LogP contribution in [0.15, 0.2) is 22.7 Å². The predicted octanol–water partition coefficient (Wildman–Crippen LogP) is 1.87. The summed E-state index contributed by atoms with van der Waals surface area (Å²) in [7, 11) is 0. The van der Waals surface area contributed by atoms with Gasteiger partial charge in [0, 0.05) is 23.2 Å². The lowest BCUT2D eigenvalue weighted by Crippen LogP contribution is -2.45. The first kappa shape index (κ1) is 13.4. The Kier molecular flexibility index (Phi) is 3.92. The molecule has 4 nitrogen and oxygen atoms in total. The molecule has 2 rings (SSSR count). The number of rotatable bonds is 1. The fourth-order valence-electron chi connectivity index (χ4n) is 2.11. The molecule has 1 aliphatic rings. The van der Waals surface area contributed by atoms with E-state index in [0.29, 0.717) is 24.3 Å². The number of amides is 1. The Balaban J connectivity index is 2.19. The van der Waals surface area contributed by atoms with Crippen LogP contribution in [-0.4, -0.2) is 35.1 Å². The summed E-state index contributed by atoms with van der Waals surface area (Å²) in [6.07, 6.45) is 0.384. The molecule has 1 aliphatic heterocycles. The van der Waals surface area contributed by atoms with Crippen molar-refractivity contribution in [2.45, 2.75) is 19.4 Å². The Bertz CT molecular complexity index is 464. The number of aliphatic hydroxyl groups is 1. The number of carbonyl (C=O) groups excluding carboxylic acids is 1. The van der Waals surface area contributed by atoms with Crippen LogP contribution in [0.2, 0.25) is 0 Å². The van der Waals surface area contributed by atoms with Crippen molar-refractivity contribution in [3.05, 3.63) is 28.2 Å². The van der Waals surface area contributed by atoms with Gasteiger partial charge in [0.05, 0.1) is 11.7 Å². The first-order valence-corrected chi connectivity index (χ1v) is 6.80. The van der Waals surface area contributed by atoms with E-state index in [9.17, 15) is 9.90 Å². The third-order valence-corrected chi connectivity index (χ3v) is 4.12. The van der Waals surface area contributed by atoms with Crippen molar-refractivity contribution in [2.75, 3.05) is 18.8 Å². The summed E-state index contributed by atoms with van der Waals surface area (Å²) in [5.74, 6) is 0.165. The molecule has 0 aromatic heterocycles. The van der Waals surface area contributed by atoms with Crippen LogP contribution in [0.4, 0.5) is 5.69 Å². The van der Waals surface area contributed by atoms with Gasteiger partial charge in [0.15, 0.2) is 0 Å². The van der Waals surface area contributed by atoms with Crippen molar-refractivity contribution in [1.82, 2.24) is 4.90 Å². The fourth-order valence-corrected chi connectivity index (χ4v) is 2.53. The zero-order chi connectivity index (χ0) is 13.3. The Morgan fingerprint density at radius 2 is 2.28 bits per heavy atom. The van der Waals surface area contributed by atoms with Crippen LogP contribution in [0.25, 0.3) is 0 Å². The van der Waals surface area contributed by atoms with Gasteiger partial charge in [-0.2, -0.15) is 0 Å². The van der Waals surface area contributed by atoms with Gasteiger partial charge < -0.3 is 15.7 Å². The third kappa shape index (κ3) is 2.67. The standard InChI is InChI=1S/C13H17BrN2O2/c1-8-4-5-16(7-12(8)17)13(18)10-6-9(15)2-3-11(10)14/h2-3,6,8,12,17H,4-5,7,15H2,1H3. The number of nitrogens with two attached hydrogens (primary N) is 1. The highest BCUT2D eigenvalue weighted by Gasteiger charge is 2.28. The highest BCUT2D eigenvalue weighted by molar-refractivity contribution is 9.10. The molecule has 2 atom stereocenters. The van der Waals surface area contributed by atoms with Crippen LogP contribution in [0.1, 0.15) is 23.7 Å². The number of likely N-dealkylation sites (tertiary alicyclic amines) is 1. The molecule has 0 aliphatic carbocycles. The van der Waals surface area contributed by atoms with E-state index in [1.807, 2.05) is 6.92 Å². The Morgan fingerprint density at radius 1 is 1.56 bits per heavy atom. The monoisotopic (exact) mass is 312 g/mol. The van der Waals surface area contributed by atoms with Gasteiger partial charge in [0.1, 0.15) is 0 Å². The number of benzene rings is 1. The number of nitrogen functional groups attached to an aromatic ring is 1. The van der Waals surface area contributed by atoms with Crippen molar-refractivity contribution in [3.8, 4) is 0 Å². The minimum absolute atomic E-state index is 0.0832. The number of piperidine rings is 1. The third-order valence-electron chi connectivity index (χ3n) is 3.43. The van der Waals surface area contributed by atoms with Crippen LogP contribution in [-0.2, 0) is 0 Å². The van der Waals surface area contributed by atoms with Crippen molar-refractivity contribution < 1.29 is 9.90 Å². The average molecular weight is 313 g/mol. The van der Waals surface area contributed by atoms with Crippen molar-refractivity contribution in [2.24, 2.45) is 5.92 Å². The molecular weight excluding hydrogens is 296 g/mol. The molecule has 1 saturated heterocycles. The average Bonchev–Trinajstić information content (AvgIpc) is 2.35. The summed E-state index contributed by atoms with van der Waals surface area (Å²) < 4.78 is 0.731. The van der Waals surface area contributed by atoms with Crippen molar-refractivity contribution >= 4 is 27.5 Å². The molecule has 0 spiro atoms. The lowest BCUT2D eigenvalue weighted by atomic mass is 9.95. The fraction of sp³-hybridized carbons (Fsp3) is 0.462. The number of aliphatic hydroxyl groups excluding tert-OH is 1. The van der Waals surface area contributed by atoms with Gasteiger partial charge in [-0.25, -0.2) is 0 Å². The summed E-state index contributed by atoms with van der Waals surface area (Å²) in [4.78, 5) is 14.0. The van der Waals surface area contributed by atoms with E-state index in [4.69, 9.17) is 5.73 Å². The molecule has 1 heterocycles. The highest BCUT2D eigenvalue weighted by Crippen LogP contribution is 2.24. The van der Waals surface area contributed by atoms with Crippen LogP contribution in [0.3, 0.4) is 0 Å². The molecular formula is C13H17BrN2O2. The first-order valence-electron chi connectivity index (χ1n) is 6.01. The smallest absolute Gasteiger partial charge is 0.255 e. The summed E-state index contributed by atoms with van der Waals surface area (Å²) in [5.41, 5.74) is 6.82. The molecule has 5 heteroatoms. The van der Waals surface area contributed by atoms with E-state index < -0.39 is 6.10 Å². The molecule has 2 unspecified atom stereocenters. The first-order chi connectivity index (χ1) is 8.49. The lowest BCUT2D eigenvalue weighted by Gasteiger charge is -2.34. The molecule has 98 valence electrons. The molecule has 1 aromatic carbocycles. The molecule has 0 radical (unpaired) electrons. The van der Waals surface area contributed by atoms with E-state index in [-0.39, 0.29) is 11.8 Å². The van der Waals surface area contributed by atoms with Gasteiger partial charge in [0.2, 0.25) is 0 Å². The van der Waals surface area contributed by atoms with Crippen LogP contribution >= 0.6 is 15.9 Å². The van der Waals surface area contributed by atoms with E-state index in [2.05, 4.69) is 15.9 Å². The van der Waals surface area contributed by atoms with Crippen LogP contribution < -0.4 is 5.73 Å². The normalized spacial score (nSPS) is 24.1. The maximum Gasteiger partial charge on any atom is 0.255 e. The lowest BCUT2D eigenvalue weighted by molar-refractivity contribution is 0.0248. The van der Waals surface area contributed by atoms with Gasteiger partial charge in [-0.1, -0.05) is 6.92 Å². The van der Waals surface area contributed by atoms with Gasteiger partial charge in [-0.05, 0) is 46.5 Å². The van der Waals surface area contributed by atoms with E-state index >= 15 is 0 Å². The van der Waals surface area contributed by atoms with Crippen LogP contribution in [0.5, 0.6) is 0 Å². The van der Waals surface area contributed by atoms with Gasteiger partial charge in [-0.15, -0.1) is 0 Å². The second-order valence-corrected chi connectivity index (χ2v) is 5.68. The molecule has 3 N–H and O–H groups in total.